The number of carbonyl (C=O) groups excluding carboxylic acids is 2. The summed E-state index contributed by atoms with van der Waals surface area (Å²) in [6, 6.07) is 7.41. The molecule has 0 aliphatic heterocycles. The van der Waals surface area contributed by atoms with Crippen LogP contribution in [0, 0.1) is 5.92 Å². The van der Waals surface area contributed by atoms with Crippen molar-refractivity contribution in [2.24, 2.45) is 5.92 Å². The maximum atomic E-state index is 13.6. The number of nitrogens with one attached hydrogen (secondary N) is 2. The quantitative estimate of drug-likeness (QED) is 0.661. The minimum atomic E-state index is -3.48. The van der Waals surface area contributed by atoms with Gasteiger partial charge in [0.05, 0.1) is 0 Å². The molecule has 2 aromatic rings. The number of aromatic nitrogens is 2. The van der Waals surface area contributed by atoms with E-state index >= 15 is 0 Å². The molecule has 1 aliphatic carbocycles. The van der Waals surface area contributed by atoms with Crippen molar-refractivity contribution in [3.63, 3.8) is 0 Å². The number of anilines is 1. The Morgan fingerprint density at radius 3 is 2.76 bits per heavy atom. The predicted octanol–water partition coefficient (Wildman–Crippen LogP) is 3.30. The molecule has 0 spiro atoms. The standard InChI is InChI=1S/C20H20F2N4O3/c1-12(2)20(21,22)29-15-5-3-4-13(10-15)11-24-18(28)16-8-9-23-19(25-16)26-17(27)14-6-7-14/h3-5,8-10,14H,1,6-7,11H2,2H3,(H,24,28)(H,23,25,26,27). The molecule has 2 amide bonds. The van der Waals surface area contributed by atoms with Crippen LogP contribution in [0.25, 0.3) is 0 Å². The fourth-order valence-electron chi connectivity index (χ4n) is 2.33. The Bertz CT molecular complexity index is 945. The highest BCUT2D eigenvalue weighted by atomic mass is 19.3. The summed E-state index contributed by atoms with van der Waals surface area (Å²) in [5.41, 5.74) is 0.224. The van der Waals surface area contributed by atoms with E-state index < -0.39 is 17.6 Å². The fourth-order valence-corrected chi connectivity index (χ4v) is 2.33. The van der Waals surface area contributed by atoms with Gasteiger partial charge in [0, 0.05) is 24.2 Å². The molecule has 9 heteroatoms. The summed E-state index contributed by atoms with van der Waals surface area (Å²) in [7, 11) is 0. The van der Waals surface area contributed by atoms with Crippen molar-refractivity contribution in [2.75, 3.05) is 5.32 Å². The van der Waals surface area contributed by atoms with Gasteiger partial charge in [-0.2, -0.15) is 8.78 Å². The zero-order chi connectivity index (χ0) is 21.0. The molecule has 0 atom stereocenters. The first-order valence-corrected chi connectivity index (χ1v) is 8.98. The van der Waals surface area contributed by atoms with Crippen molar-refractivity contribution in [2.45, 2.75) is 32.4 Å². The number of halogens is 2. The van der Waals surface area contributed by atoms with E-state index in [4.69, 9.17) is 0 Å². The zero-order valence-corrected chi connectivity index (χ0v) is 15.7. The lowest BCUT2D eigenvalue weighted by Gasteiger charge is -2.18. The van der Waals surface area contributed by atoms with Gasteiger partial charge in [-0.1, -0.05) is 18.7 Å². The Balaban J connectivity index is 1.60. The number of carbonyl (C=O) groups is 2. The molecule has 1 saturated carbocycles. The van der Waals surface area contributed by atoms with Gasteiger partial charge in [0.1, 0.15) is 11.4 Å². The summed E-state index contributed by atoms with van der Waals surface area (Å²) in [5.74, 6) is -0.648. The number of nitrogens with zero attached hydrogens (tertiary/aromatic N) is 2. The first-order valence-electron chi connectivity index (χ1n) is 8.98. The van der Waals surface area contributed by atoms with Gasteiger partial charge in [-0.15, -0.1) is 0 Å². The van der Waals surface area contributed by atoms with E-state index in [1.807, 2.05) is 0 Å². The van der Waals surface area contributed by atoms with E-state index in [-0.39, 0.29) is 35.8 Å². The molecule has 3 rings (SSSR count). The van der Waals surface area contributed by atoms with Gasteiger partial charge in [0.2, 0.25) is 11.9 Å². The zero-order valence-electron chi connectivity index (χ0n) is 15.7. The number of rotatable bonds is 8. The molecule has 0 unspecified atom stereocenters. The predicted molar refractivity (Wildman–Crippen MR) is 101 cm³/mol. The third kappa shape index (κ3) is 5.56. The highest BCUT2D eigenvalue weighted by molar-refractivity contribution is 5.94. The minimum absolute atomic E-state index is 0.0113. The molecule has 152 valence electrons. The van der Waals surface area contributed by atoms with E-state index in [1.165, 1.54) is 31.3 Å². The van der Waals surface area contributed by atoms with Crippen LogP contribution in [0.5, 0.6) is 5.75 Å². The molecule has 1 heterocycles. The number of benzene rings is 1. The topological polar surface area (TPSA) is 93.2 Å². The third-order valence-corrected chi connectivity index (χ3v) is 4.17. The van der Waals surface area contributed by atoms with Crippen LogP contribution in [-0.4, -0.2) is 27.9 Å². The normalized spacial score (nSPS) is 13.5. The van der Waals surface area contributed by atoms with E-state index in [0.717, 1.165) is 12.8 Å². The Morgan fingerprint density at radius 1 is 1.31 bits per heavy atom. The van der Waals surface area contributed by atoms with E-state index in [9.17, 15) is 18.4 Å². The van der Waals surface area contributed by atoms with Gasteiger partial charge >= 0.3 is 6.11 Å². The number of alkyl halides is 2. The molecular weight excluding hydrogens is 382 g/mol. The second-order valence-electron chi connectivity index (χ2n) is 6.76. The number of amides is 2. The lowest BCUT2D eigenvalue weighted by Crippen LogP contribution is -2.26. The van der Waals surface area contributed by atoms with Crippen LogP contribution in [0.2, 0.25) is 0 Å². The molecule has 7 nitrogen and oxygen atoms in total. The first kappa shape index (κ1) is 20.4. The second-order valence-corrected chi connectivity index (χ2v) is 6.76. The highest BCUT2D eigenvalue weighted by Gasteiger charge is 2.33. The van der Waals surface area contributed by atoms with E-state index in [1.54, 1.807) is 12.1 Å². The van der Waals surface area contributed by atoms with Crippen LogP contribution in [0.15, 0.2) is 48.7 Å². The molecule has 0 bridgehead atoms. The van der Waals surface area contributed by atoms with Gasteiger partial charge in [-0.05, 0) is 43.5 Å². The molecule has 1 fully saturated rings. The largest absolute Gasteiger partial charge is 0.429 e. The van der Waals surface area contributed by atoms with Gasteiger partial charge in [-0.3, -0.25) is 14.9 Å². The fraction of sp³-hybridized carbons (Fsp3) is 0.300. The molecule has 2 N–H and O–H groups in total. The van der Waals surface area contributed by atoms with Crippen LogP contribution < -0.4 is 15.4 Å². The van der Waals surface area contributed by atoms with Crippen LogP contribution in [-0.2, 0) is 11.3 Å². The number of hydrogen-bond donors (Lipinski definition) is 2. The smallest absolute Gasteiger partial charge is 0.422 e. The SMILES string of the molecule is C=C(C)C(F)(F)Oc1cccc(CNC(=O)c2ccnc(NC(=O)C3CC3)n2)c1. The second kappa shape index (κ2) is 8.34. The molecule has 1 aromatic heterocycles. The van der Waals surface area contributed by atoms with Crippen LogP contribution in [0.4, 0.5) is 14.7 Å². The minimum Gasteiger partial charge on any atom is -0.429 e. The van der Waals surface area contributed by atoms with Crippen molar-refractivity contribution >= 4 is 17.8 Å². The van der Waals surface area contributed by atoms with Gasteiger partial charge < -0.3 is 10.1 Å². The van der Waals surface area contributed by atoms with E-state index in [0.29, 0.717) is 5.56 Å². The van der Waals surface area contributed by atoms with Crippen molar-refractivity contribution in [1.29, 1.82) is 0 Å². The summed E-state index contributed by atoms with van der Waals surface area (Å²) < 4.78 is 32.0. The monoisotopic (exact) mass is 402 g/mol. The van der Waals surface area contributed by atoms with Gasteiger partial charge in [0.25, 0.3) is 5.91 Å². The summed E-state index contributed by atoms with van der Waals surface area (Å²) in [6.07, 6.45) is -0.428. The average molecular weight is 402 g/mol. The maximum absolute atomic E-state index is 13.6. The van der Waals surface area contributed by atoms with Crippen LogP contribution >= 0.6 is 0 Å². The van der Waals surface area contributed by atoms with Crippen LogP contribution in [0.1, 0.15) is 35.8 Å². The van der Waals surface area contributed by atoms with Crippen molar-refractivity contribution in [1.82, 2.24) is 15.3 Å². The molecule has 0 radical (unpaired) electrons. The third-order valence-electron chi connectivity index (χ3n) is 4.17. The molecule has 1 aliphatic rings. The van der Waals surface area contributed by atoms with Crippen molar-refractivity contribution in [3.05, 3.63) is 59.9 Å². The summed E-state index contributed by atoms with van der Waals surface area (Å²) in [6.45, 7) is 4.45. The molecule has 0 saturated heterocycles. The highest BCUT2D eigenvalue weighted by Crippen LogP contribution is 2.30. The maximum Gasteiger partial charge on any atom is 0.422 e. The molecular formula is C20H20F2N4O3. The average Bonchev–Trinajstić information content (AvgIpc) is 3.51. The summed E-state index contributed by atoms with van der Waals surface area (Å²) in [5, 5.41) is 5.22. The number of ether oxygens (including phenoxy) is 1. The first-order chi connectivity index (χ1) is 13.7. The van der Waals surface area contributed by atoms with Crippen molar-refractivity contribution < 1.29 is 23.1 Å². The van der Waals surface area contributed by atoms with Crippen LogP contribution in [0.3, 0.4) is 0 Å². The Morgan fingerprint density at radius 2 is 2.07 bits per heavy atom. The lowest BCUT2D eigenvalue weighted by atomic mass is 10.2. The van der Waals surface area contributed by atoms with Crippen molar-refractivity contribution in [3.8, 4) is 5.75 Å². The summed E-state index contributed by atoms with van der Waals surface area (Å²) >= 11 is 0. The molecule has 29 heavy (non-hydrogen) atoms. The van der Waals surface area contributed by atoms with E-state index in [2.05, 4.69) is 31.9 Å². The Kier molecular flexibility index (Phi) is 5.86. The van der Waals surface area contributed by atoms with Gasteiger partial charge in [-0.25, -0.2) is 9.97 Å². The summed E-state index contributed by atoms with van der Waals surface area (Å²) in [4.78, 5) is 32.1. The number of hydrogen-bond acceptors (Lipinski definition) is 5. The van der Waals surface area contributed by atoms with Gasteiger partial charge in [0.15, 0.2) is 0 Å². The Labute approximate surface area is 166 Å². The molecule has 1 aromatic carbocycles. The lowest BCUT2D eigenvalue weighted by molar-refractivity contribution is -0.141. The Hall–Kier alpha value is -3.36.